The van der Waals surface area contributed by atoms with Crippen molar-refractivity contribution in [2.24, 2.45) is 5.92 Å². The van der Waals surface area contributed by atoms with Crippen molar-refractivity contribution >= 4 is 6.29 Å². The highest BCUT2D eigenvalue weighted by Gasteiger charge is 2.18. The van der Waals surface area contributed by atoms with Crippen LogP contribution in [0.4, 0.5) is 0 Å². The van der Waals surface area contributed by atoms with Gasteiger partial charge in [-0.2, -0.15) is 0 Å². The first-order valence-corrected chi connectivity index (χ1v) is 3.28. The van der Waals surface area contributed by atoms with E-state index in [4.69, 9.17) is 5.11 Å². The Morgan fingerprint density at radius 2 is 2.10 bits per heavy atom. The molecule has 0 aromatic heterocycles. The zero-order valence-corrected chi connectivity index (χ0v) is 6.37. The smallest absolute Gasteiger partial charge is 0.125 e. The van der Waals surface area contributed by atoms with Gasteiger partial charge in [0.2, 0.25) is 0 Å². The van der Waals surface area contributed by atoms with Gasteiger partial charge in [0, 0.05) is 5.92 Å². The lowest BCUT2D eigenvalue weighted by molar-refractivity contribution is -0.114. The first-order valence-electron chi connectivity index (χ1n) is 3.28. The molecule has 0 radical (unpaired) electrons. The largest absolute Gasteiger partial charge is 0.396 e. The van der Waals surface area contributed by atoms with Crippen molar-refractivity contribution in [1.29, 1.82) is 0 Å². The molecule has 0 aromatic rings. The standard InChI is InChI=1S/C7H14O3/c1-7(2,10)3-6(4-8)5-9/h4,6,9-10H,3,5H2,1-2H3. The molecular weight excluding hydrogens is 132 g/mol. The van der Waals surface area contributed by atoms with E-state index in [0.29, 0.717) is 12.7 Å². The van der Waals surface area contributed by atoms with Crippen LogP contribution in [0, 0.1) is 5.92 Å². The number of aliphatic hydroxyl groups is 2. The van der Waals surface area contributed by atoms with Crippen LogP contribution in [0.25, 0.3) is 0 Å². The molecule has 2 N–H and O–H groups in total. The van der Waals surface area contributed by atoms with Crippen LogP contribution in [-0.4, -0.2) is 28.7 Å². The number of aliphatic hydroxyl groups excluding tert-OH is 1. The van der Waals surface area contributed by atoms with E-state index >= 15 is 0 Å². The van der Waals surface area contributed by atoms with Crippen LogP contribution < -0.4 is 0 Å². The van der Waals surface area contributed by atoms with E-state index in [0.717, 1.165) is 0 Å². The van der Waals surface area contributed by atoms with Crippen molar-refractivity contribution in [3.05, 3.63) is 0 Å². The van der Waals surface area contributed by atoms with Gasteiger partial charge in [0.15, 0.2) is 0 Å². The van der Waals surface area contributed by atoms with Crippen LogP contribution in [-0.2, 0) is 4.79 Å². The highest BCUT2D eigenvalue weighted by atomic mass is 16.3. The predicted octanol–water partition coefficient (Wildman–Crippen LogP) is -0.0452. The quantitative estimate of drug-likeness (QED) is 0.547. The molecule has 0 aromatic carbocycles. The van der Waals surface area contributed by atoms with Gasteiger partial charge < -0.3 is 15.0 Å². The fraction of sp³-hybridized carbons (Fsp3) is 0.857. The van der Waals surface area contributed by atoms with E-state index in [1.54, 1.807) is 13.8 Å². The molecule has 3 nitrogen and oxygen atoms in total. The summed E-state index contributed by atoms with van der Waals surface area (Å²) in [6, 6.07) is 0. The molecule has 0 bridgehead atoms. The molecule has 0 spiro atoms. The van der Waals surface area contributed by atoms with Crippen molar-refractivity contribution in [3.63, 3.8) is 0 Å². The molecule has 0 heterocycles. The van der Waals surface area contributed by atoms with Gasteiger partial charge in [-0.05, 0) is 20.3 Å². The molecule has 60 valence electrons. The molecule has 1 unspecified atom stereocenters. The maximum Gasteiger partial charge on any atom is 0.125 e. The molecule has 3 heteroatoms. The lowest BCUT2D eigenvalue weighted by atomic mass is 9.95. The Morgan fingerprint density at radius 1 is 1.60 bits per heavy atom. The van der Waals surface area contributed by atoms with Gasteiger partial charge in [0.05, 0.1) is 12.2 Å². The Hall–Kier alpha value is -0.410. The second-order valence-corrected chi connectivity index (χ2v) is 3.10. The minimum Gasteiger partial charge on any atom is -0.396 e. The monoisotopic (exact) mass is 146 g/mol. The molecule has 0 aliphatic rings. The topological polar surface area (TPSA) is 57.5 Å². The van der Waals surface area contributed by atoms with Crippen LogP contribution in [0.1, 0.15) is 20.3 Å². The number of rotatable bonds is 4. The maximum atomic E-state index is 10.1. The summed E-state index contributed by atoms with van der Waals surface area (Å²) in [5.41, 5.74) is -0.867. The van der Waals surface area contributed by atoms with E-state index in [1.165, 1.54) is 0 Å². The number of hydrogen-bond acceptors (Lipinski definition) is 3. The van der Waals surface area contributed by atoms with Crippen LogP contribution in [0.15, 0.2) is 0 Å². The van der Waals surface area contributed by atoms with E-state index in [1.807, 2.05) is 0 Å². The molecule has 0 aliphatic carbocycles. The van der Waals surface area contributed by atoms with Crippen molar-refractivity contribution in [2.75, 3.05) is 6.61 Å². The summed E-state index contributed by atoms with van der Waals surface area (Å²) < 4.78 is 0. The number of carbonyl (C=O) groups excluding carboxylic acids is 1. The average molecular weight is 146 g/mol. The summed E-state index contributed by atoms with van der Waals surface area (Å²) in [4.78, 5) is 10.1. The number of hydrogen-bond donors (Lipinski definition) is 2. The van der Waals surface area contributed by atoms with Gasteiger partial charge in [0.1, 0.15) is 6.29 Å². The van der Waals surface area contributed by atoms with Crippen LogP contribution in [0.5, 0.6) is 0 Å². The van der Waals surface area contributed by atoms with Crippen LogP contribution >= 0.6 is 0 Å². The van der Waals surface area contributed by atoms with Gasteiger partial charge in [-0.25, -0.2) is 0 Å². The predicted molar refractivity (Wildman–Crippen MR) is 37.6 cm³/mol. The summed E-state index contributed by atoms with van der Waals surface area (Å²) in [6.45, 7) is 3.03. The summed E-state index contributed by atoms with van der Waals surface area (Å²) in [5, 5.41) is 17.7. The van der Waals surface area contributed by atoms with Crippen molar-refractivity contribution < 1.29 is 15.0 Å². The third kappa shape index (κ3) is 4.47. The van der Waals surface area contributed by atoms with Crippen LogP contribution in [0.3, 0.4) is 0 Å². The second-order valence-electron chi connectivity index (χ2n) is 3.10. The average Bonchev–Trinajstić information content (AvgIpc) is 1.81. The zero-order valence-electron chi connectivity index (χ0n) is 6.37. The van der Waals surface area contributed by atoms with Gasteiger partial charge >= 0.3 is 0 Å². The van der Waals surface area contributed by atoms with Crippen molar-refractivity contribution in [3.8, 4) is 0 Å². The van der Waals surface area contributed by atoms with Gasteiger partial charge in [-0.1, -0.05) is 0 Å². The lowest BCUT2D eigenvalue weighted by Crippen LogP contribution is -2.25. The Labute approximate surface area is 60.7 Å². The van der Waals surface area contributed by atoms with Crippen LogP contribution in [0.2, 0.25) is 0 Å². The molecule has 0 amide bonds. The summed E-state index contributed by atoms with van der Waals surface area (Å²) >= 11 is 0. The number of carbonyl (C=O) groups is 1. The molecule has 10 heavy (non-hydrogen) atoms. The molecule has 0 fully saturated rings. The van der Waals surface area contributed by atoms with Crippen molar-refractivity contribution in [2.45, 2.75) is 25.9 Å². The first kappa shape index (κ1) is 9.59. The van der Waals surface area contributed by atoms with Gasteiger partial charge in [0.25, 0.3) is 0 Å². The number of aldehydes is 1. The van der Waals surface area contributed by atoms with E-state index in [9.17, 15) is 9.90 Å². The molecule has 0 saturated carbocycles. The second kappa shape index (κ2) is 3.68. The fourth-order valence-electron chi connectivity index (χ4n) is 0.797. The Balaban J connectivity index is 3.74. The SMILES string of the molecule is CC(C)(O)CC(C=O)CO. The zero-order chi connectivity index (χ0) is 8.20. The molecular formula is C7H14O3. The molecule has 0 rings (SSSR count). The normalized spacial score (nSPS) is 14.8. The Bertz CT molecular complexity index is 104. The lowest BCUT2D eigenvalue weighted by Gasteiger charge is -2.19. The first-order chi connectivity index (χ1) is 4.49. The minimum absolute atomic E-state index is 0.187. The fourth-order valence-corrected chi connectivity index (χ4v) is 0.797. The Kier molecular flexibility index (Phi) is 3.53. The minimum atomic E-state index is -0.867. The van der Waals surface area contributed by atoms with E-state index < -0.39 is 11.5 Å². The van der Waals surface area contributed by atoms with Crippen molar-refractivity contribution in [1.82, 2.24) is 0 Å². The molecule has 1 atom stereocenters. The van der Waals surface area contributed by atoms with Gasteiger partial charge in [-0.15, -0.1) is 0 Å². The third-order valence-corrected chi connectivity index (χ3v) is 1.19. The highest BCUT2D eigenvalue weighted by Crippen LogP contribution is 2.13. The highest BCUT2D eigenvalue weighted by molar-refractivity contribution is 5.53. The maximum absolute atomic E-state index is 10.1. The summed E-state index contributed by atoms with van der Waals surface area (Å²) in [6.07, 6.45) is 0.977. The van der Waals surface area contributed by atoms with E-state index in [2.05, 4.69) is 0 Å². The summed E-state index contributed by atoms with van der Waals surface area (Å²) in [5.74, 6) is -0.431. The molecule has 0 aliphatic heterocycles. The van der Waals surface area contributed by atoms with Gasteiger partial charge in [-0.3, -0.25) is 0 Å². The Morgan fingerprint density at radius 3 is 2.20 bits per heavy atom. The van der Waals surface area contributed by atoms with E-state index in [-0.39, 0.29) is 6.61 Å². The summed E-state index contributed by atoms with van der Waals surface area (Å²) in [7, 11) is 0. The molecule has 0 saturated heterocycles. The third-order valence-electron chi connectivity index (χ3n) is 1.19.